The van der Waals surface area contributed by atoms with E-state index < -0.39 is 6.10 Å². The molecule has 2 aliphatic rings. The molecule has 1 saturated carbocycles. The Balaban J connectivity index is 1.51. The lowest BCUT2D eigenvalue weighted by Gasteiger charge is -2.19. The van der Waals surface area contributed by atoms with E-state index in [4.69, 9.17) is 9.47 Å². The van der Waals surface area contributed by atoms with Gasteiger partial charge in [0.2, 0.25) is 0 Å². The molecule has 0 amide bonds. The van der Waals surface area contributed by atoms with Crippen molar-refractivity contribution in [1.29, 1.82) is 0 Å². The summed E-state index contributed by atoms with van der Waals surface area (Å²) in [4.78, 5) is 0. The predicted octanol–water partition coefficient (Wildman–Crippen LogP) is 2.10. The van der Waals surface area contributed by atoms with Crippen LogP contribution in [0.15, 0.2) is 0 Å². The molecular weight excluding hydrogens is 254 g/mol. The van der Waals surface area contributed by atoms with Gasteiger partial charge in [-0.05, 0) is 38.0 Å². The van der Waals surface area contributed by atoms with Crippen LogP contribution in [0.25, 0.3) is 0 Å². The fourth-order valence-corrected chi connectivity index (χ4v) is 3.16. The van der Waals surface area contributed by atoms with Crippen LogP contribution in [0.4, 0.5) is 0 Å². The maximum Gasteiger partial charge on any atom is 0.0897 e. The van der Waals surface area contributed by atoms with Crippen molar-refractivity contribution in [2.45, 2.75) is 70.1 Å². The Morgan fingerprint density at radius 2 is 2.10 bits per heavy atom. The zero-order chi connectivity index (χ0) is 14.2. The molecule has 0 bridgehead atoms. The molecule has 4 heteroatoms. The number of hydrogen-bond donors (Lipinski definition) is 2. The molecule has 20 heavy (non-hydrogen) atoms. The van der Waals surface area contributed by atoms with Gasteiger partial charge in [0.1, 0.15) is 0 Å². The summed E-state index contributed by atoms with van der Waals surface area (Å²) >= 11 is 0. The number of rotatable bonds is 7. The molecule has 1 saturated heterocycles. The van der Waals surface area contributed by atoms with Crippen LogP contribution in [0.3, 0.4) is 0 Å². The zero-order valence-electron chi connectivity index (χ0n) is 12.9. The zero-order valence-corrected chi connectivity index (χ0v) is 12.9. The molecule has 4 nitrogen and oxygen atoms in total. The minimum absolute atomic E-state index is 0.249. The van der Waals surface area contributed by atoms with Crippen molar-refractivity contribution < 1.29 is 14.6 Å². The summed E-state index contributed by atoms with van der Waals surface area (Å²) in [7, 11) is 0. The number of nitrogens with one attached hydrogen (secondary N) is 1. The maximum absolute atomic E-state index is 9.95. The van der Waals surface area contributed by atoms with Crippen molar-refractivity contribution in [2.75, 3.05) is 26.4 Å². The Kier molecular flexibility index (Phi) is 7.28. The SMILES string of the molecule is CC1CCCC(NCC(O)COCC2CCCO2)CC1. The second kappa shape index (κ2) is 8.98. The average molecular weight is 285 g/mol. The van der Waals surface area contributed by atoms with Crippen molar-refractivity contribution in [3.63, 3.8) is 0 Å². The molecule has 2 fully saturated rings. The van der Waals surface area contributed by atoms with Gasteiger partial charge < -0.3 is 19.9 Å². The third kappa shape index (κ3) is 6.08. The molecule has 4 unspecified atom stereocenters. The van der Waals surface area contributed by atoms with Gasteiger partial charge in [-0.3, -0.25) is 0 Å². The largest absolute Gasteiger partial charge is 0.389 e. The summed E-state index contributed by atoms with van der Waals surface area (Å²) in [5.74, 6) is 0.862. The standard InChI is InChI=1S/C16H31NO3/c1-13-4-2-5-14(8-7-13)17-10-15(18)11-19-12-16-6-3-9-20-16/h13-18H,2-12H2,1H3. The first kappa shape index (κ1) is 16.2. The smallest absolute Gasteiger partial charge is 0.0897 e. The van der Waals surface area contributed by atoms with Crippen LogP contribution in [-0.2, 0) is 9.47 Å². The summed E-state index contributed by atoms with van der Waals surface area (Å²) in [5, 5.41) is 13.4. The minimum Gasteiger partial charge on any atom is -0.389 e. The third-order valence-corrected chi connectivity index (χ3v) is 4.54. The van der Waals surface area contributed by atoms with Crippen LogP contribution in [0.1, 0.15) is 51.9 Å². The fraction of sp³-hybridized carbons (Fsp3) is 1.00. The van der Waals surface area contributed by atoms with Gasteiger partial charge in [-0.1, -0.05) is 19.8 Å². The predicted molar refractivity (Wildman–Crippen MR) is 79.8 cm³/mol. The number of aliphatic hydroxyl groups is 1. The molecule has 118 valence electrons. The summed E-state index contributed by atoms with van der Waals surface area (Å²) < 4.78 is 11.0. The highest BCUT2D eigenvalue weighted by molar-refractivity contribution is 4.74. The van der Waals surface area contributed by atoms with Gasteiger partial charge in [0.25, 0.3) is 0 Å². The van der Waals surface area contributed by atoms with Crippen molar-refractivity contribution in [2.24, 2.45) is 5.92 Å². The molecule has 1 heterocycles. The van der Waals surface area contributed by atoms with E-state index in [1.54, 1.807) is 0 Å². The van der Waals surface area contributed by atoms with Gasteiger partial charge >= 0.3 is 0 Å². The van der Waals surface area contributed by atoms with Crippen molar-refractivity contribution in [3.05, 3.63) is 0 Å². The topological polar surface area (TPSA) is 50.7 Å². The molecule has 2 N–H and O–H groups in total. The van der Waals surface area contributed by atoms with Gasteiger partial charge in [0.05, 0.1) is 25.4 Å². The summed E-state index contributed by atoms with van der Waals surface area (Å²) in [6.07, 6.45) is 8.53. The highest BCUT2D eigenvalue weighted by Gasteiger charge is 2.18. The van der Waals surface area contributed by atoms with Crippen LogP contribution in [0.2, 0.25) is 0 Å². The van der Waals surface area contributed by atoms with E-state index in [0.29, 0.717) is 25.8 Å². The Labute approximate surface area is 123 Å². The van der Waals surface area contributed by atoms with Crippen molar-refractivity contribution in [3.8, 4) is 0 Å². The average Bonchev–Trinajstić information content (AvgIpc) is 2.86. The molecule has 1 aliphatic heterocycles. The number of hydrogen-bond acceptors (Lipinski definition) is 4. The third-order valence-electron chi connectivity index (χ3n) is 4.54. The van der Waals surface area contributed by atoms with E-state index in [1.165, 1.54) is 32.1 Å². The van der Waals surface area contributed by atoms with E-state index in [1.807, 2.05) is 0 Å². The molecule has 4 atom stereocenters. The van der Waals surface area contributed by atoms with E-state index in [9.17, 15) is 5.11 Å². The Bertz CT molecular complexity index is 256. The number of aliphatic hydroxyl groups excluding tert-OH is 1. The Morgan fingerprint density at radius 1 is 1.20 bits per heavy atom. The lowest BCUT2D eigenvalue weighted by Crippen LogP contribution is -2.37. The van der Waals surface area contributed by atoms with Crippen LogP contribution < -0.4 is 5.32 Å². The van der Waals surface area contributed by atoms with Gasteiger partial charge in [-0.25, -0.2) is 0 Å². The van der Waals surface area contributed by atoms with E-state index >= 15 is 0 Å². The molecule has 0 radical (unpaired) electrons. The summed E-state index contributed by atoms with van der Waals surface area (Å²) in [6.45, 7) is 4.88. The first-order chi connectivity index (χ1) is 9.74. The molecule has 0 aromatic rings. The molecule has 0 aromatic carbocycles. The van der Waals surface area contributed by atoms with E-state index in [-0.39, 0.29) is 6.10 Å². The van der Waals surface area contributed by atoms with E-state index in [2.05, 4.69) is 12.2 Å². The second-order valence-electron chi connectivity index (χ2n) is 6.54. The Hall–Kier alpha value is -0.160. The lowest BCUT2D eigenvalue weighted by molar-refractivity contribution is -0.0170. The van der Waals surface area contributed by atoms with Gasteiger partial charge in [0, 0.05) is 19.2 Å². The van der Waals surface area contributed by atoms with E-state index in [0.717, 1.165) is 25.4 Å². The molecule has 2 rings (SSSR count). The molecule has 0 aromatic heterocycles. The van der Waals surface area contributed by atoms with Crippen LogP contribution in [0, 0.1) is 5.92 Å². The highest BCUT2D eigenvalue weighted by Crippen LogP contribution is 2.22. The summed E-state index contributed by atoms with van der Waals surface area (Å²) in [6, 6.07) is 0.577. The first-order valence-electron chi connectivity index (χ1n) is 8.35. The first-order valence-corrected chi connectivity index (χ1v) is 8.35. The van der Waals surface area contributed by atoms with Crippen LogP contribution in [0.5, 0.6) is 0 Å². The van der Waals surface area contributed by atoms with Crippen molar-refractivity contribution in [1.82, 2.24) is 5.32 Å². The highest BCUT2D eigenvalue weighted by atomic mass is 16.5. The molecular formula is C16H31NO3. The minimum atomic E-state index is -0.405. The second-order valence-corrected chi connectivity index (χ2v) is 6.54. The normalized spacial score (nSPS) is 33.0. The van der Waals surface area contributed by atoms with Crippen molar-refractivity contribution >= 4 is 0 Å². The summed E-state index contributed by atoms with van der Waals surface area (Å²) in [5.41, 5.74) is 0. The van der Waals surface area contributed by atoms with Gasteiger partial charge in [0.15, 0.2) is 0 Å². The lowest BCUT2D eigenvalue weighted by atomic mass is 10.0. The molecule has 1 aliphatic carbocycles. The Morgan fingerprint density at radius 3 is 2.90 bits per heavy atom. The van der Waals surface area contributed by atoms with Gasteiger partial charge in [-0.2, -0.15) is 0 Å². The maximum atomic E-state index is 9.95. The quantitative estimate of drug-likeness (QED) is 0.703. The monoisotopic (exact) mass is 285 g/mol. The molecule has 0 spiro atoms. The fourth-order valence-electron chi connectivity index (χ4n) is 3.16. The van der Waals surface area contributed by atoms with Crippen LogP contribution >= 0.6 is 0 Å². The number of ether oxygens (including phenoxy) is 2. The van der Waals surface area contributed by atoms with Gasteiger partial charge in [-0.15, -0.1) is 0 Å². The van der Waals surface area contributed by atoms with Crippen LogP contribution in [-0.4, -0.2) is 49.7 Å².